The summed E-state index contributed by atoms with van der Waals surface area (Å²) in [4.78, 5) is 16.6. The molecule has 26 heavy (non-hydrogen) atoms. The maximum atomic E-state index is 12.5. The summed E-state index contributed by atoms with van der Waals surface area (Å²) >= 11 is 0. The van der Waals surface area contributed by atoms with Gasteiger partial charge in [-0.05, 0) is 57.8 Å². The number of likely N-dealkylation sites (N-methyl/N-ethyl adjacent to an activating group) is 1. The molecule has 5 nitrogen and oxygen atoms in total. The van der Waals surface area contributed by atoms with Gasteiger partial charge in [-0.2, -0.15) is 0 Å². The van der Waals surface area contributed by atoms with E-state index in [1.54, 1.807) is 0 Å². The Labute approximate surface area is 155 Å². The number of hydrogen-bond acceptors (Lipinski definition) is 2. The van der Waals surface area contributed by atoms with E-state index in [1.807, 2.05) is 4.90 Å². The van der Waals surface area contributed by atoms with Crippen LogP contribution in [0.15, 0.2) is 18.2 Å². The second-order valence-corrected chi connectivity index (χ2v) is 7.97. The van der Waals surface area contributed by atoms with E-state index in [4.69, 9.17) is 0 Å². The van der Waals surface area contributed by atoms with Crippen molar-refractivity contribution in [2.75, 3.05) is 33.7 Å². The highest BCUT2D eigenvalue weighted by Gasteiger charge is 2.27. The van der Waals surface area contributed by atoms with E-state index >= 15 is 0 Å². The van der Waals surface area contributed by atoms with Crippen LogP contribution >= 0.6 is 0 Å². The van der Waals surface area contributed by atoms with E-state index in [9.17, 15) is 4.79 Å². The van der Waals surface area contributed by atoms with Gasteiger partial charge in [-0.25, -0.2) is 4.79 Å². The molecule has 1 atom stereocenters. The number of carbonyl (C=O) groups is 1. The van der Waals surface area contributed by atoms with Crippen molar-refractivity contribution in [1.29, 1.82) is 0 Å². The zero-order valence-electron chi connectivity index (χ0n) is 16.2. The quantitative estimate of drug-likeness (QED) is 0.917. The first-order chi connectivity index (χ1) is 12.6. The van der Waals surface area contributed by atoms with Gasteiger partial charge in [0.15, 0.2) is 0 Å². The summed E-state index contributed by atoms with van der Waals surface area (Å²) in [6, 6.07) is 7.26. The maximum Gasteiger partial charge on any atom is 0.317 e. The summed E-state index contributed by atoms with van der Waals surface area (Å²) < 4.78 is 2.48. The van der Waals surface area contributed by atoms with Gasteiger partial charge in [0.2, 0.25) is 0 Å². The topological polar surface area (TPSA) is 40.5 Å². The number of nitrogens with one attached hydrogen (secondary N) is 1. The lowest BCUT2D eigenvalue weighted by molar-refractivity contribution is 0.203. The van der Waals surface area contributed by atoms with E-state index in [2.05, 4.69) is 54.0 Å². The Morgan fingerprint density at radius 2 is 2.15 bits per heavy atom. The minimum absolute atomic E-state index is 0.0840. The molecular formula is C21H30N4O. The molecule has 1 aromatic carbocycles. The molecular weight excluding hydrogens is 324 g/mol. The Balaban J connectivity index is 1.42. The van der Waals surface area contributed by atoms with E-state index in [1.165, 1.54) is 40.6 Å². The van der Waals surface area contributed by atoms with E-state index < -0.39 is 0 Å². The summed E-state index contributed by atoms with van der Waals surface area (Å²) in [7, 11) is 4.18. The molecule has 0 aliphatic carbocycles. The molecule has 2 amide bonds. The average Bonchev–Trinajstić information content (AvgIpc) is 3.23. The van der Waals surface area contributed by atoms with Crippen molar-refractivity contribution in [3.63, 3.8) is 0 Å². The van der Waals surface area contributed by atoms with Gasteiger partial charge in [-0.3, -0.25) is 0 Å². The normalized spacial score (nSPS) is 19.5. The SMILES string of the molecule is Cc1c(CCNC(=O)N2CC[C@H](N(C)C)C2)c2cccc3c2n1CCC3. The number of urea groups is 1. The lowest BCUT2D eigenvalue weighted by Crippen LogP contribution is -2.41. The number of benzene rings is 1. The highest BCUT2D eigenvalue weighted by atomic mass is 16.2. The number of carbonyl (C=O) groups excluding carboxylic acids is 1. The molecule has 2 aromatic rings. The van der Waals surface area contributed by atoms with Gasteiger partial charge in [-0.1, -0.05) is 18.2 Å². The molecule has 2 aliphatic rings. The molecule has 0 bridgehead atoms. The molecule has 3 heterocycles. The van der Waals surface area contributed by atoms with Crippen molar-refractivity contribution in [3.8, 4) is 0 Å². The van der Waals surface area contributed by atoms with Crippen LogP contribution in [0.1, 0.15) is 29.7 Å². The van der Waals surface area contributed by atoms with Crippen molar-refractivity contribution >= 4 is 16.9 Å². The van der Waals surface area contributed by atoms with Crippen LogP contribution in [0.4, 0.5) is 4.79 Å². The fraction of sp³-hybridized carbons (Fsp3) is 0.571. The maximum absolute atomic E-state index is 12.5. The van der Waals surface area contributed by atoms with Crippen LogP contribution in [0.2, 0.25) is 0 Å². The molecule has 1 saturated heterocycles. The van der Waals surface area contributed by atoms with Crippen molar-refractivity contribution in [3.05, 3.63) is 35.0 Å². The second-order valence-electron chi connectivity index (χ2n) is 7.97. The molecule has 0 unspecified atom stereocenters. The third-order valence-corrected chi connectivity index (χ3v) is 6.22. The van der Waals surface area contributed by atoms with E-state index in [0.717, 1.165) is 32.5 Å². The second kappa shape index (κ2) is 6.95. The molecule has 140 valence electrons. The number of hydrogen-bond donors (Lipinski definition) is 1. The zero-order chi connectivity index (χ0) is 18.3. The van der Waals surface area contributed by atoms with Gasteiger partial charge >= 0.3 is 6.03 Å². The third-order valence-electron chi connectivity index (χ3n) is 6.22. The first-order valence-corrected chi connectivity index (χ1v) is 9.85. The van der Waals surface area contributed by atoms with Crippen molar-refractivity contribution in [1.82, 2.24) is 19.7 Å². The third kappa shape index (κ3) is 2.98. The minimum Gasteiger partial charge on any atom is -0.344 e. The molecule has 0 saturated carbocycles. The van der Waals surface area contributed by atoms with Crippen LogP contribution < -0.4 is 5.32 Å². The lowest BCUT2D eigenvalue weighted by atomic mass is 10.0. The molecule has 2 aliphatic heterocycles. The number of nitrogens with zero attached hydrogens (tertiary/aromatic N) is 3. The van der Waals surface area contributed by atoms with Crippen LogP contribution in [0.3, 0.4) is 0 Å². The lowest BCUT2D eigenvalue weighted by Gasteiger charge is -2.20. The Hall–Kier alpha value is -2.01. The molecule has 4 rings (SSSR count). The van der Waals surface area contributed by atoms with E-state index in [-0.39, 0.29) is 6.03 Å². The smallest absolute Gasteiger partial charge is 0.317 e. The van der Waals surface area contributed by atoms with Crippen molar-refractivity contribution < 1.29 is 4.79 Å². The number of likely N-dealkylation sites (tertiary alicyclic amines) is 1. The highest BCUT2D eigenvalue weighted by Crippen LogP contribution is 2.32. The number of rotatable bonds is 4. The minimum atomic E-state index is 0.0840. The highest BCUT2D eigenvalue weighted by molar-refractivity contribution is 5.88. The van der Waals surface area contributed by atoms with Crippen LogP contribution in [0, 0.1) is 6.92 Å². The first kappa shape index (κ1) is 17.4. The summed E-state index contributed by atoms with van der Waals surface area (Å²) in [5.74, 6) is 0. The van der Waals surface area contributed by atoms with Gasteiger partial charge in [0, 0.05) is 43.3 Å². The number of aromatic nitrogens is 1. The van der Waals surface area contributed by atoms with E-state index in [0.29, 0.717) is 12.6 Å². The Morgan fingerprint density at radius 3 is 2.92 bits per heavy atom. The molecule has 1 aromatic heterocycles. The van der Waals surface area contributed by atoms with Crippen LogP contribution in [0.5, 0.6) is 0 Å². The van der Waals surface area contributed by atoms with Gasteiger partial charge in [0.1, 0.15) is 0 Å². The van der Waals surface area contributed by atoms with Crippen LogP contribution in [-0.4, -0.2) is 60.2 Å². The number of aryl methyl sites for hydroxylation is 2. The zero-order valence-corrected chi connectivity index (χ0v) is 16.2. The average molecular weight is 354 g/mol. The van der Waals surface area contributed by atoms with Crippen molar-refractivity contribution in [2.24, 2.45) is 0 Å². The number of amides is 2. The van der Waals surface area contributed by atoms with Gasteiger partial charge in [-0.15, -0.1) is 0 Å². The molecule has 0 radical (unpaired) electrons. The predicted octanol–water partition coefficient (Wildman–Crippen LogP) is 2.78. The summed E-state index contributed by atoms with van der Waals surface area (Å²) in [6.45, 7) is 5.74. The molecule has 5 heteroatoms. The summed E-state index contributed by atoms with van der Waals surface area (Å²) in [6.07, 6.45) is 4.37. The Bertz CT molecular complexity index is 823. The largest absolute Gasteiger partial charge is 0.344 e. The number of para-hydroxylation sites is 1. The molecule has 1 N–H and O–H groups in total. The molecule has 0 spiro atoms. The van der Waals surface area contributed by atoms with Gasteiger partial charge in [0.05, 0.1) is 5.52 Å². The summed E-state index contributed by atoms with van der Waals surface area (Å²) in [5.41, 5.74) is 5.66. The fourth-order valence-corrected chi connectivity index (χ4v) is 4.66. The Morgan fingerprint density at radius 1 is 1.31 bits per heavy atom. The first-order valence-electron chi connectivity index (χ1n) is 9.85. The van der Waals surface area contributed by atoms with Crippen LogP contribution in [-0.2, 0) is 19.4 Å². The van der Waals surface area contributed by atoms with Gasteiger partial charge in [0.25, 0.3) is 0 Å². The predicted molar refractivity (Wildman–Crippen MR) is 106 cm³/mol. The van der Waals surface area contributed by atoms with Crippen molar-refractivity contribution in [2.45, 2.75) is 45.2 Å². The molecule has 1 fully saturated rings. The monoisotopic (exact) mass is 354 g/mol. The Kier molecular flexibility index (Phi) is 4.65. The van der Waals surface area contributed by atoms with Crippen LogP contribution in [0.25, 0.3) is 10.9 Å². The standard InChI is InChI=1S/C21H30N4O/c1-15-18(19-8-4-6-16-7-5-12-25(15)20(16)19)9-11-22-21(26)24-13-10-17(14-24)23(2)3/h4,6,8,17H,5,7,9-14H2,1-3H3,(H,22,26)/t17-/m0/s1. The van der Waals surface area contributed by atoms with Gasteiger partial charge < -0.3 is 19.7 Å². The fourth-order valence-electron chi connectivity index (χ4n) is 4.66. The summed E-state index contributed by atoms with van der Waals surface area (Å²) in [5, 5.41) is 4.52.